The first kappa shape index (κ1) is 18.3. The van der Waals surface area contributed by atoms with Crippen LogP contribution in [0.25, 0.3) is 0 Å². The Balaban J connectivity index is 2.11. The van der Waals surface area contributed by atoms with Crippen LogP contribution in [0.2, 0.25) is 0 Å². The molecule has 2 rings (SSSR count). The number of alkyl halides is 3. The second-order valence-electron chi connectivity index (χ2n) is 6.01. The highest BCUT2D eigenvalue weighted by Gasteiger charge is 2.30. The number of rotatable bonds is 6. The van der Waals surface area contributed by atoms with E-state index in [-0.39, 0.29) is 30.1 Å². The van der Waals surface area contributed by atoms with Crippen LogP contribution in [0.4, 0.5) is 17.6 Å². The lowest BCUT2D eigenvalue weighted by Crippen LogP contribution is -2.28. The fraction of sp³-hybridized carbons (Fsp3) is 0.533. The number of nitrogens with zero attached hydrogens (tertiary/aromatic N) is 5. The number of halogens is 4. The van der Waals surface area contributed by atoms with Gasteiger partial charge in [0.2, 0.25) is 0 Å². The molecule has 0 aliphatic heterocycles. The van der Waals surface area contributed by atoms with Crippen LogP contribution in [-0.2, 0) is 13.1 Å². The summed E-state index contributed by atoms with van der Waals surface area (Å²) < 4.78 is 50.1. The minimum absolute atomic E-state index is 0.0554. The van der Waals surface area contributed by atoms with E-state index < -0.39 is 12.7 Å². The van der Waals surface area contributed by atoms with Gasteiger partial charge in [-0.2, -0.15) is 18.0 Å². The summed E-state index contributed by atoms with van der Waals surface area (Å²) in [5.41, 5.74) is 0.914. The molecule has 0 spiro atoms. The van der Waals surface area contributed by atoms with Crippen molar-refractivity contribution < 1.29 is 17.6 Å². The molecule has 1 aromatic heterocycles. The molecule has 1 atom stereocenters. The number of benzene rings is 1. The van der Waals surface area contributed by atoms with Crippen LogP contribution >= 0.6 is 0 Å². The maximum Gasteiger partial charge on any atom is 0.409 e. The van der Waals surface area contributed by atoms with E-state index in [0.717, 1.165) is 5.56 Å². The molecular formula is C15H19F4N5. The molecular weight excluding hydrogens is 326 g/mol. The summed E-state index contributed by atoms with van der Waals surface area (Å²) in [5, 5.41) is 10.9. The lowest BCUT2D eigenvalue weighted by Gasteiger charge is -2.30. The molecule has 132 valence electrons. The predicted octanol–water partition coefficient (Wildman–Crippen LogP) is 3.20. The van der Waals surface area contributed by atoms with Crippen LogP contribution in [0, 0.1) is 11.7 Å². The van der Waals surface area contributed by atoms with E-state index in [0.29, 0.717) is 4.80 Å². The van der Waals surface area contributed by atoms with Crippen LogP contribution < -0.4 is 0 Å². The molecule has 0 bridgehead atoms. The van der Waals surface area contributed by atoms with Gasteiger partial charge in [-0.25, -0.2) is 4.39 Å². The first-order valence-electron chi connectivity index (χ1n) is 7.45. The first-order chi connectivity index (χ1) is 11.2. The minimum atomic E-state index is -4.39. The smallest absolute Gasteiger partial charge is 0.292 e. The fourth-order valence-electron chi connectivity index (χ4n) is 2.70. The number of tetrazole rings is 1. The van der Waals surface area contributed by atoms with Crippen molar-refractivity contribution in [1.82, 2.24) is 25.1 Å². The summed E-state index contributed by atoms with van der Waals surface area (Å²) in [6.45, 7) is 2.99. The Morgan fingerprint density at radius 2 is 1.79 bits per heavy atom. The molecule has 0 radical (unpaired) electrons. The van der Waals surface area contributed by atoms with E-state index in [1.165, 1.54) is 12.1 Å². The summed E-state index contributed by atoms with van der Waals surface area (Å²) in [7, 11) is 1.82. The number of aromatic nitrogens is 4. The van der Waals surface area contributed by atoms with Gasteiger partial charge in [-0.1, -0.05) is 26.0 Å². The van der Waals surface area contributed by atoms with Gasteiger partial charge in [-0.3, -0.25) is 4.90 Å². The van der Waals surface area contributed by atoms with Crippen molar-refractivity contribution in [3.05, 3.63) is 41.5 Å². The van der Waals surface area contributed by atoms with Crippen molar-refractivity contribution in [1.29, 1.82) is 0 Å². The zero-order chi connectivity index (χ0) is 17.9. The average molecular weight is 345 g/mol. The van der Waals surface area contributed by atoms with Crippen molar-refractivity contribution in [3.8, 4) is 0 Å². The van der Waals surface area contributed by atoms with Crippen LogP contribution in [0.15, 0.2) is 24.3 Å². The molecule has 1 heterocycles. The van der Waals surface area contributed by atoms with E-state index in [1.807, 2.05) is 25.8 Å². The van der Waals surface area contributed by atoms with E-state index in [1.54, 1.807) is 12.1 Å². The Hall–Kier alpha value is -2.03. The summed E-state index contributed by atoms with van der Waals surface area (Å²) >= 11 is 0. The van der Waals surface area contributed by atoms with Gasteiger partial charge in [-0.05, 0) is 35.9 Å². The zero-order valence-corrected chi connectivity index (χ0v) is 13.6. The molecule has 1 unspecified atom stereocenters. The van der Waals surface area contributed by atoms with Gasteiger partial charge in [0.15, 0.2) is 12.4 Å². The molecule has 0 N–H and O–H groups in total. The van der Waals surface area contributed by atoms with E-state index in [9.17, 15) is 17.6 Å². The average Bonchev–Trinajstić information content (AvgIpc) is 2.85. The van der Waals surface area contributed by atoms with E-state index in [4.69, 9.17) is 0 Å². The van der Waals surface area contributed by atoms with Crippen LogP contribution in [0.1, 0.15) is 31.3 Å². The third-order valence-electron chi connectivity index (χ3n) is 3.52. The molecule has 9 heteroatoms. The second-order valence-corrected chi connectivity index (χ2v) is 6.01. The molecule has 24 heavy (non-hydrogen) atoms. The van der Waals surface area contributed by atoms with Crippen LogP contribution in [0.3, 0.4) is 0 Å². The van der Waals surface area contributed by atoms with Gasteiger partial charge in [0, 0.05) is 6.04 Å². The highest BCUT2D eigenvalue weighted by molar-refractivity contribution is 5.20. The fourth-order valence-corrected chi connectivity index (χ4v) is 2.70. The standard InChI is InChI=1S/C15H19F4N5/c1-10(2)14(11-4-6-12(16)7-5-11)23(3)8-13-20-22-24(21-13)9-15(17,18)19/h4-7,10,14H,8-9H2,1-3H3. The molecule has 0 aliphatic carbocycles. The maximum atomic E-state index is 13.1. The molecule has 5 nitrogen and oxygen atoms in total. The van der Waals surface area contributed by atoms with Crippen molar-refractivity contribution in [2.45, 2.75) is 39.2 Å². The lowest BCUT2D eigenvalue weighted by molar-refractivity contribution is -0.145. The minimum Gasteiger partial charge on any atom is -0.292 e. The molecule has 1 aromatic carbocycles. The van der Waals surface area contributed by atoms with Gasteiger partial charge in [0.25, 0.3) is 0 Å². The topological polar surface area (TPSA) is 46.8 Å². The SMILES string of the molecule is CC(C)C(c1ccc(F)cc1)N(C)Cc1nnn(CC(F)(F)F)n1. The largest absolute Gasteiger partial charge is 0.409 e. The molecule has 0 fully saturated rings. The second kappa shape index (κ2) is 7.25. The molecule has 0 saturated heterocycles. The third kappa shape index (κ3) is 4.98. The monoisotopic (exact) mass is 345 g/mol. The Morgan fingerprint density at radius 1 is 1.17 bits per heavy atom. The van der Waals surface area contributed by atoms with Gasteiger partial charge < -0.3 is 0 Å². The van der Waals surface area contributed by atoms with Gasteiger partial charge in [-0.15, -0.1) is 10.2 Å². The number of hydrogen-bond donors (Lipinski definition) is 0. The van der Waals surface area contributed by atoms with Gasteiger partial charge in [0.1, 0.15) is 5.82 Å². The van der Waals surface area contributed by atoms with Crippen molar-refractivity contribution in [2.24, 2.45) is 5.92 Å². The van der Waals surface area contributed by atoms with Crippen molar-refractivity contribution in [3.63, 3.8) is 0 Å². The maximum absolute atomic E-state index is 13.1. The summed E-state index contributed by atoms with van der Waals surface area (Å²) in [6.07, 6.45) is -4.39. The lowest BCUT2D eigenvalue weighted by atomic mass is 9.94. The Morgan fingerprint density at radius 3 is 2.33 bits per heavy atom. The summed E-state index contributed by atoms with van der Waals surface area (Å²) in [4.78, 5) is 2.44. The Labute approximate surface area is 137 Å². The summed E-state index contributed by atoms with van der Waals surface area (Å²) in [6, 6.07) is 6.11. The Bertz CT molecular complexity index is 651. The normalized spacial score (nSPS) is 13.7. The summed E-state index contributed by atoms with van der Waals surface area (Å²) in [5.74, 6) is 0.0841. The highest BCUT2D eigenvalue weighted by Crippen LogP contribution is 2.28. The molecule has 0 aliphatic rings. The Kier molecular flexibility index (Phi) is 5.53. The predicted molar refractivity (Wildman–Crippen MR) is 79.3 cm³/mol. The van der Waals surface area contributed by atoms with Crippen molar-refractivity contribution in [2.75, 3.05) is 7.05 Å². The van der Waals surface area contributed by atoms with E-state index in [2.05, 4.69) is 15.4 Å². The zero-order valence-electron chi connectivity index (χ0n) is 13.6. The van der Waals surface area contributed by atoms with Gasteiger partial charge in [0.05, 0.1) is 6.54 Å². The third-order valence-corrected chi connectivity index (χ3v) is 3.52. The van der Waals surface area contributed by atoms with Crippen LogP contribution in [0.5, 0.6) is 0 Å². The van der Waals surface area contributed by atoms with E-state index >= 15 is 0 Å². The quantitative estimate of drug-likeness (QED) is 0.755. The molecule has 2 aromatic rings. The first-order valence-corrected chi connectivity index (χ1v) is 7.45. The van der Waals surface area contributed by atoms with Crippen molar-refractivity contribution >= 4 is 0 Å². The molecule has 0 saturated carbocycles. The molecule has 0 amide bonds. The van der Waals surface area contributed by atoms with Gasteiger partial charge >= 0.3 is 6.18 Å². The number of hydrogen-bond acceptors (Lipinski definition) is 4. The highest BCUT2D eigenvalue weighted by atomic mass is 19.4. The van der Waals surface area contributed by atoms with Crippen LogP contribution in [-0.4, -0.2) is 38.3 Å².